The monoisotopic (exact) mass is 330 g/mol. The fourth-order valence-electron chi connectivity index (χ4n) is 2.34. The van der Waals surface area contributed by atoms with Crippen LogP contribution < -0.4 is 5.73 Å². The van der Waals surface area contributed by atoms with Crippen LogP contribution in [-0.2, 0) is 0 Å². The van der Waals surface area contributed by atoms with Crippen LogP contribution in [0, 0.1) is 11.7 Å². The van der Waals surface area contributed by atoms with Crippen LogP contribution in [0.3, 0.4) is 0 Å². The number of aliphatic hydroxyl groups is 1. The van der Waals surface area contributed by atoms with Gasteiger partial charge >= 0.3 is 0 Å². The molecule has 0 spiro atoms. The van der Waals surface area contributed by atoms with Crippen LogP contribution in [0.25, 0.3) is 0 Å². The summed E-state index contributed by atoms with van der Waals surface area (Å²) in [5.41, 5.74) is 5.85. The second-order valence-electron chi connectivity index (χ2n) is 4.77. The first-order chi connectivity index (χ1) is 9.02. The van der Waals surface area contributed by atoms with Gasteiger partial charge in [0.15, 0.2) is 0 Å². The Balaban J connectivity index is 2.15. The first-order valence-corrected chi connectivity index (χ1v) is 6.97. The SMILES string of the molecule is Nc1cc(C(=O)N2CCC(CCO)C2)c(Br)cc1F. The maximum atomic E-state index is 13.3. The molecule has 1 aromatic carbocycles. The standard InChI is InChI=1S/C13H16BrFN2O2/c14-10-6-11(15)12(16)5-9(10)13(19)17-3-1-8(7-17)2-4-18/h5-6,8,18H,1-4,7,16H2. The highest BCUT2D eigenvalue weighted by molar-refractivity contribution is 9.10. The lowest BCUT2D eigenvalue weighted by Crippen LogP contribution is -2.29. The van der Waals surface area contributed by atoms with Crippen molar-refractivity contribution in [2.75, 3.05) is 25.4 Å². The maximum Gasteiger partial charge on any atom is 0.255 e. The van der Waals surface area contributed by atoms with Crippen molar-refractivity contribution in [2.24, 2.45) is 5.92 Å². The van der Waals surface area contributed by atoms with E-state index in [1.807, 2.05) is 0 Å². The van der Waals surface area contributed by atoms with Gasteiger partial charge in [-0.3, -0.25) is 4.79 Å². The van der Waals surface area contributed by atoms with Gasteiger partial charge in [0.05, 0.1) is 11.3 Å². The Bertz CT molecular complexity index is 496. The topological polar surface area (TPSA) is 66.6 Å². The minimum Gasteiger partial charge on any atom is -0.396 e. The van der Waals surface area contributed by atoms with Gasteiger partial charge in [-0.05, 0) is 46.8 Å². The number of likely N-dealkylation sites (tertiary alicyclic amines) is 1. The first kappa shape index (κ1) is 14.3. The number of nitrogen functional groups attached to an aromatic ring is 1. The Hall–Kier alpha value is -1.14. The zero-order valence-electron chi connectivity index (χ0n) is 10.4. The molecule has 6 heteroatoms. The molecule has 0 radical (unpaired) electrons. The Morgan fingerprint density at radius 2 is 2.32 bits per heavy atom. The van der Waals surface area contributed by atoms with Gasteiger partial charge in [0.2, 0.25) is 0 Å². The molecule has 104 valence electrons. The maximum absolute atomic E-state index is 13.3. The minimum atomic E-state index is -0.539. The quantitative estimate of drug-likeness (QED) is 0.833. The van der Waals surface area contributed by atoms with E-state index in [2.05, 4.69) is 15.9 Å². The van der Waals surface area contributed by atoms with Gasteiger partial charge in [0.25, 0.3) is 5.91 Å². The van der Waals surface area contributed by atoms with E-state index in [1.54, 1.807) is 4.90 Å². The van der Waals surface area contributed by atoms with E-state index in [0.717, 1.165) is 6.42 Å². The van der Waals surface area contributed by atoms with Crippen LogP contribution in [0.5, 0.6) is 0 Å². The smallest absolute Gasteiger partial charge is 0.255 e. The molecule has 1 amide bonds. The summed E-state index contributed by atoms with van der Waals surface area (Å²) in [6, 6.07) is 2.57. The summed E-state index contributed by atoms with van der Waals surface area (Å²) in [5.74, 6) is -0.354. The normalized spacial score (nSPS) is 18.9. The third kappa shape index (κ3) is 3.06. The van der Waals surface area contributed by atoms with E-state index in [0.29, 0.717) is 35.5 Å². The second kappa shape index (κ2) is 5.88. The summed E-state index contributed by atoms with van der Waals surface area (Å²) in [4.78, 5) is 14.1. The molecule has 1 fully saturated rings. The molecular weight excluding hydrogens is 315 g/mol. The van der Waals surface area contributed by atoms with E-state index >= 15 is 0 Å². The molecule has 1 unspecified atom stereocenters. The number of carbonyl (C=O) groups is 1. The van der Waals surface area contributed by atoms with Crippen molar-refractivity contribution in [1.82, 2.24) is 4.90 Å². The number of amides is 1. The van der Waals surface area contributed by atoms with Gasteiger partial charge < -0.3 is 15.7 Å². The zero-order valence-corrected chi connectivity index (χ0v) is 12.0. The van der Waals surface area contributed by atoms with E-state index < -0.39 is 5.82 Å². The lowest BCUT2D eigenvalue weighted by Gasteiger charge is -2.17. The van der Waals surface area contributed by atoms with Gasteiger partial charge in [0, 0.05) is 24.2 Å². The lowest BCUT2D eigenvalue weighted by molar-refractivity contribution is 0.0784. The molecule has 4 nitrogen and oxygen atoms in total. The predicted molar refractivity (Wildman–Crippen MR) is 74.2 cm³/mol. The minimum absolute atomic E-state index is 0.0299. The number of aliphatic hydroxyl groups excluding tert-OH is 1. The molecule has 1 aliphatic rings. The number of benzene rings is 1. The van der Waals surface area contributed by atoms with Crippen molar-refractivity contribution in [3.05, 3.63) is 28.0 Å². The second-order valence-corrected chi connectivity index (χ2v) is 5.63. The van der Waals surface area contributed by atoms with E-state index in [-0.39, 0.29) is 18.2 Å². The zero-order chi connectivity index (χ0) is 14.0. The van der Waals surface area contributed by atoms with Gasteiger partial charge in [0.1, 0.15) is 5.82 Å². The molecule has 3 N–H and O–H groups in total. The fraction of sp³-hybridized carbons (Fsp3) is 0.462. The highest BCUT2D eigenvalue weighted by atomic mass is 79.9. The number of halogens is 2. The number of nitrogens with zero attached hydrogens (tertiary/aromatic N) is 1. The molecule has 1 heterocycles. The summed E-state index contributed by atoms with van der Waals surface area (Å²) in [6.07, 6.45) is 1.59. The van der Waals surface area contributed by atoms with Crippen LogP contribution in [0.1, 0.15) is 23.2 Å². The third-order valence-corrected chi connectivity index (χ3v) is 4.08. The van der Waals surface area contributed by atoms with Crippen molar-refractivity contribution < 1.29 is 14.3 Å². The summed E-state index contributed by atoms with van der Waals surface area (Å²) >= 11 is 3.19. The summed E-state index contributed by atoms with van der Waals surface area (Å²) in [5, 5.41) is 8.91. The van der Waals surface area contributed by atoms with Gasteiger partial charge in [-0.25, -0.2) is 4.39 Å². The van der Waals surface area contributed by atoms with Gasteiger partial charge in [-0.2, -0.15) is 0 Å². The summed E-state index contributed by atoms with van der Waals surface area (Å²) < 4.78 is 13.7. The molecule has 1 aromatic rings. The Morgan fingerprint density at radius 3 is 3.00 bits per heavy atom. The predicted octanol–water partition coefficient (Wildman–Crippen LogP) is 2.01. The molecule has 0 aromatic heterocycles. The van der Waals surface area contributed by atoms with Crippen LogP contribution in [0.4, 0.5) is 10.1 Å². The molecule has 1 saturated heterocycles. The van der Waals surface area contributed by atoms with Crippen molar-refractivity contribution >= 4 is 27.5 Å². The number of rotatable bonds is 3. The van der Waals surface area contributed by atoms with Crippen molar-refractivity contribution in [3.63, 3.8) is 0 Å². The average Bonchev–Trinajstić information content (AvgIpc) is 2.82. The Kier molecular flexibility index (Phi) is 4.42. The molecule has 0 bridgehead atoms. The number of anilines is 1. The average molecular weight is 331 g/mol. The van der Waals surface area contributed by atoms with Crippen LogP contribution in [0.2, 0.25) is 0 Å². The summed E-state index contributed by atoms with van der Waals surface area (Å²) in [6.45, 7) is 1.43. The van der Waals surface area contributed by atoms with Crippen LogP contribution in [0.15, 0.2) is 16.6 Å². The number of nitrogens with two attached hydrogens (primary N) is 1. The first-order valence-electron chi connectivity index (χ1n) is 6.17. The van der Waals surface area contributed by atoms with Crippen LogP contribution in [-0.4, -0.2) is 35.6 Å². The van der Waals surface area contributed by atoms with E-state index in [4.69, 9.17) is 10.8 Å². The summed E-state index contributed by atoms with van der Waals surface area (Å²) in [7, 11) is 0. The fourth-order valence-corrected chi connectivity index (χ4v) is 2.82. The molecular formula is C13H16BrFN2O2. The van der Waals surface area contributed by atoms with Gasteiger partial charge in [-0.1, -0.05) is 0 Å². The molecule has 0 aliphatic carbocycles. The lowest BCUT2D eigenvalue weighted by atomic mass is 10.1. The van der Waals surface area contributed by atoms with Crippen molar-refractivity contribution in [1.29, 1.82) is 0 Å². The van der Waals surface area contributed by atoms with Crippen molar-refractivity contribution in [3.8, 4) is 0 Å². The van der Waals surface area contributed by atoms with E-state index in [1.165, 1.54) is 12.1 Å². The molecule has 19 heavy (non-hydrogen) atoms. The number of carbonyl (C=O) groups excluding carboxylic acids is 1. The molecule has 0 saturated carbocycles. The molecule has 2 rings (SSSR count). The Labute approximate surface area is 119 Å². The molecule has 1 atom stereocenters. The Morgan fingerprint density at radius 1 is 1.58 bits per heavy atom. The van der Waals surface area contributed by atoms with Gasteiger partial charge in [-0.15, -0.1) is 0 Å². The third-order valence-electron chi connectivity index (χ3n) is 3.43. The highest BCUT2D eigenvalue weighted by Crippen LogP contribution is 2.27. The number of hydrogen-bond donors (Lipinski definition) is 2. The highest BCUT2D eigenvalue weighted by Gasteiger charge is 2.27. The van der Waals surface area contributed by atoms with E-state index in [9.17, 15) is 9.18 Å². The number of hydrogen-bond acceptors (Lipinski definition) is 3. The van der Waals surface area contributed by atoms with Crippen LogP contribution >= 0.6 is 15.9 Å². The molecule has 1 aliphatic heterocycles. The van der Waals surface area contributed by atoms with Crippen molar-refractivity contribution in [2.45, 2.75) is 12.8 Å². The largest absolute Gasteiger partial charge is 0.396 e.